The largest absolute Gasteiger partial charge is 0.486 e. The molecule has 0 spiro atoms. The number of nitrogens with zero attached hydrogens (tertiary/aromatic N) is 1. The van der Waals surface area contributed by atoms with Gasteiger partial charge in [-0.15, -0.1) is 11.6 Å². The smallest absolute Gasteiger partial charge is 0.311 e. The third-order valence-corrected chi connectivity index (χ3v) is 5.80. The van der Waals surface area contributed by atoms with Gasteiger partial charge in [-0.2, -0.15) is 0 Å². The number of benzene rings is 1. The molecule has 1 rings (SSSR count). The highest BCUT2D eigenvalue weighted by Gasteiger charge is 2.29. The average Bonchev–Trinajstić information content (AvgIpc) is 2.37. The summed E-state index contributed by atoms with van der Waals surface area (Å²) in [5.74, 6) is -0.0114. The zero-order valence-electron chi connectivity index (χ0n) is 12.1. The molecular weight excluding hydrogens is 318 g/mol. The van der Waals surface area contributed by atoms with E-state index in [0.717, 1.165) is 0 Å². The van der Waals surface area contributed by atoms with Crippen LogP contribution in [0.15, 0.2) is 18.2 Å². The van der Waals surface area contributed by atoms with E-state index in [0.29, 0.717) is 5.56 Å². The van der Waals surface area contributed by atoms with Crippen molar-refractivity contribution in [2.24, 2.45) is 0 Å². The zero-order chi connectivity index (χ0) is 16.3. The molecule has 0 saturated heterocycles. The highest BCUT2D eigenvalue weighted by molar-refractivity contribution is 7.92. The maximum Gasteiger partial charge on any atom is 0.311 e. The summed E-state index contributed by atoms with van der Waals surface area (Å²) >= 11 is 5.63. The molecular formula is C13H18ClNO5S. The molecule has 0 atom stereocenters. The summed E-state index contributed by atoms with van der Waals surface area (Å²) in [6.07, 6.45) is 0. The first kappa shape index (κ1) is 17.7. The van der Waals surface area contributed by atoms with Crippen LogP contribution >= 0.6 is 11.6 Å². The summed E-state index contributed by atoms with van der Waals surface area (Å²) in [4.78, 5) is 10.4. The number of hydrogen-bond donors (Lipinski definition) is 0. The Bertz CT molecular complexity index is 622. The van der Waals surface area contributed by atoms with Crippen LogP contribution in [-0.2, 0) is 15.7 Å². The first-order valence-corrected chi connectivity index (χ1v) is 8.45. The normalized spacial score (nSPS) is 12.2. The van der Waals surface area contributed by atoms with Crippen LogP contribution in [0.1, 0.15) is 26.3 Å². The van der Waals surface area contributed by atoms with Crippen molar-refractivity contribution in [1.82, 2.24) is 0 Å². The van der Waals surface area contributed by atoms with Crippen molar-refractivity contribution in [1.29, 1.82) is 0 Å². The van der Waals surface area contributed by atoms with Gasteiger partial charge in [0.25, 0.3) is 0 Å². The number of halogens is 1. The quantitative estimate of drug-likeness (QED) is 0.453. The molecule has 0 bridgehead atoms. The van der Waals surface area contributed by atoms with Crippen molar-refractivity contribution in [3.8, 4) is 5.75 Å². The summed E-state index contributed by atoms with van der Waals surface area (Å²) in [6.45, 7) is 4.65. The highest BCUT2D eigenvalue weighted by atomic mass is 35.5. The summed E-state index contributed by atoms with van der Waals surface area (Å²) in [7, 11) is -3.33. The molecule has 1 aromatic carbocycles. The second-order valence-corrected chi connectivity index (χ2v) is 8.60. The fourth-order valence-electron chi connectivity index (χ4n) is 1.48. The first-order chi connectivity index (χ1) is 9.58. The number of nitro groups is 1. The van der Waals surface area contributed by atoms with E-state index in [1.54, 1.807) is 26.8 Å². The number of sulfone groups is 1. The molecule has 0 aromatic heterocycles. The Hall–Kier alpha value is -1.34. The Labute approximate surface area is 129 Å². The molecule has 0 heterocycles. The van der Waals surface area contributed by atoms with Crippen LogP contribution in [-0.4, -0.2) is 30.4 Å². The van der Waals surface area contributed by atoms with E-state index >= 15 is 0 Å². The van der Waals surface area contributed by atoms with Crippen LogP contribution in [0.3, 0.4) is 0 Å². The molecule has 118 valence electrons. The van der Waals surface area contributed by atoms with Crippen molar-refractivity contribution >= 4 is 27.1 Å². The number of hydrogen-bond acceptors (Lipinski definition) is 5. The van der Waals surface area contributed by atoms with Crippen LogP contribution in [0.5, 0.6) is 5.75 Å². The van der Waals surface area contributed by atoms with E-state index in [1.165, 1.54) is 12.1 Å². The minimum Gasteiger partial charge on any atom is -0.486 e. The van der Waals surface area contributed by atoms with Gasteiger partial charge in [-0.25, -0.2) is 8.42 Å². The van der Waals surface area contributed by atoms with E-state index < -0.39 is 19.5 Å². The first-order valence-electron chi connectivity index (χ1n) is 6.27. The van der Waals surface area contributed by atoms with E-state index in [1.807, 2.05) is 0 Å². The van der Waals surface area contributed by atoms with E-state index in [-0.39, 0.29) is 29.7 Å². The van der Waals surface area contributed by atoms with Gasteiger partial charge < -0.3 is 4.74 Å². The minimum absolute atomic E-state index is 0.0398. The third-order valence-electron chi connectivity index (χ3n) is 2.92. The second kappa shape index (κ2) is 6.62. The van der Waals surface area contributed by atoms with Gasteiger partial charge in [-0.1, -0.05) is 6.07 Å². The Balaban J connectivity index is 2.84. The average molecular weight is 336 g/mol. The Kier molecular flexibility index (Phi) is 5.58. The topological polar surface area (TPSA) is 86.5 Å². The van der Waals surface area contributed by atoms with Crippen LogP contribution in [0, 0.1) is 10.1 Å². The summed E-state index contributed by atoms with van der Waals surface area (Å²) in [5, 5.41) is 11.0. The van der Waals surface area contributed by atoms with Crippen molar-refractivity contribution < 1.29 is 18.1 Å². The third kappa shape index (κ3) is 4.57. The minimum atomic E-state index is -3.33. The van der Waals surface area contributed by atoms with Crippen molar-refractivity contribution in [3.63, 3.8) is 0 Å². The molecule has 0 aliphatic rings. The molecule has 0 amide bonds. The van der Waals surface area contributed by atoms with E-state index in [9.17, 15) is 18.5 Å². The number of nitro benzene ring substituents is 1. The molecule has 0 aliphatic carbocycles. The predicted molar refractivity (Wildman–Crippen MR) is 81.7 cm³/mol. The highest BCUT2D eigenvalue weighted by Crippen LogP contribution is 2.28. The second-order valence-electron chi connectivity index (χ2n) is 5.47. The zero-order valence-corrected chi connectivity index (χ0v) is 13.7. The van der Waals surface area contributed by atoms with Gasteiger partial charge >= 0.3 is 5.69 Å². The molecule has 0 N–H and O–H groups in total. The monoisotopic (exact) mass is 335 g/mol. The lowest BCUT2D eigenvalue weighted by Crippen LogP contribution is -2.32. The van der Waals surface area contributed by atoms with Crippen LogP contribution in [0.2, 0.25) is 0 Å². The number of alkyl halides is 1. The van der Waals surface area contributed by atoms with Gasteiger partial charge in [0, 0.05) is 11.9 Å². The SMILES string of the molecule is CC(C)(C)S(=O)(=O)CCOc1ccc(CCl)cc1[N+](=O)[O-]. The van der Waals surface area contributed by atoms with Gasteiger partial charge in [0.1, 0.15) is 6.61 Å². The number of rotatable bonds is 6. The van der Waals surface area contributed by atoms with Gasteiger partial charge in [-0.3, -0.25) is 10.1 Å². The maximum atomic E-state index is 11.9. The molecule has 0 radical (unpaired) electrons. The molecule has 0 aliphatic heterocycles. The predicted octanol–water partition coefficient (Wildman–Crippen LogP) is 2.93. The summed E-state index contributed by atoms with van der Waals surface area (Å²) in [6, 6.07) is 4.35. The summed E-state index contributed by atoms with van der Waals surface area (Å²) in [5.41, 5.74) is 0.374. The van der Waals surface area contributed by atoms with Gasteiger partial charge in [0.05, 0.1) is 15.4 Å². The molecule has 21 heavy (non-hydrogen) atoms. The van der Waals surface area contributed by atoms with Gasteiger partial charge in [0.2, 0.25) is 0 Å². The maximum absolute atomic E-state index is 11.9. The van der Waals surface area contributed by atoms with Crippen LogP contribution < -0.4 is 4.74 Å². The number of ether oxygens (including phenoxy) is 1. The molecule has 8 heteroatoms. The van der Waals surface area contributed by atoms with Crippen LogP contribution in [0.4, 0.5) is 5.69 Å². The molecule has 0 unspecified atom stereocenters. The van der Waals surface area contributed by atoms with E-state index in [4.69, 9.17) is 16.3 Å². The van der Waals surface area contributed by atoms with Crippen LogP contribution in [0.25, 0.3) is 0 Å². The van der Waals surface area contributed by atoms with Crippen molar-refractivity contribution in [2.45, 2.75) is 31.4 Å². The van der Waals surface area contributed by atoms with Crippen molar-refractivity contribution in [3.05, 3.63) is 33.9 Å². The fourth-order valence-corrected chi connectivity index (χ4v) is 2.56. The Morgan fingerprint density at radius 1 is 1.33 bits per heavy atom. The summed E-state index contributed by atoms with van der Waals surface area (Å²) < 4.78 is 28.2. The Morgan fingerprint density at radius 2 is 1.95 bits per heavy atom. The Morgan fingerprint density at radius 3 is 2.43 bits per heavy atom. The molecule has 0 fully saturated rings. The van der Waals surface area contributed by atoms with Crippen molar-refractivity contribution in [2.75, 3.05) is 12.4 Å². The van der Waals surface area contributed by atoms with Gasteiger partial charge in [0.15, 0.2) is 15.6 Å². The lowest BCUT2D eigenvalue weighted by atomic mass is 10.2. The fraction of sp³-hybridized carbons (Fsp3) is 0.538. The molecule has 1 aromatic rings. The standard InChI is InChI=1S/C13H18ClNO5S/c1-13(2,3)21(18,19)7-6-20-12-5-4-10(9-14)8-11(12)15(16)17/h4-5,8H,6-7,9H2,1-3H3. The lowest BCUT2D eigenvalue weighted by molar-refractivity contribution is -0.385. The molecule has 6 nitrogen and oxygen atoms in total. The lowest BCUT2D eigenvalue weighted by Gasteiger charge is -2.19. The van der Waals surface area contributed by atoms with E-state index in [2.05, 4.69) is 0 Å². The van der Waals surface area contributed by atoms with Gasteiger partial charge in [-0.05, 0) is 32.4 Å². The molecule has 0 saturated carbocycles.